The topological polar surface area (TPSA) is 96.9 Å². The number of nitrogens with one attached hydrogen (secondary N) is 1. The first-order valence-electron chi connectivity index (χ1n) is 7.57. The van der Waals surface area contributed by atoms with Crippen LogP contribution in [0.3, 0.4) is 0 Å². The van der Waals surface area contributed by atoms with Crippen LogP contribution in [0.2, 0.25) is 0 Å². The van der Waals surface area contributed by atoms with E-state index in [0.717, 1.165) is 38.7 Å². The lowest BCUT2D eigenvalue weighted by Gasteiger charge is -2.27. The first-order chi connectivity index (χ1) is 9.69. The van der Waals surface area contributed by atoms with E-state index >= 15 is 0 Å². The van der Waals surface area contributed by atoms with E-state index in [1.807, 2.05) is 0 Å². The molecule has 1 unspecified atom stereocenters. The summed E-state index contributed by atoms with van der Waals surface area (Å²) in [6.45, 7) is 1.41. The zero-order chi connectivity index (χ0) is 14.4. The van der Waals surface area contributed by atoms with Crippen molar-refractivity contribution in [2.75, 3.05) is 13.2 Å². The normalized spacial score (nSPS) is 26.4. The molecule has 1 aliphatic carbocycles. The molecule has 0 aromatic carbocycles. The van der Waals surface area contributed by atoms with Gasteiger partial charge in [-0.2, -0.15) is 0 Å². The van der Waals surface area contributed by atoms with E-state index < -0.39 is 5.41 Å². The highest BCUT2D eigenvalue weighted by atomic mass is 16.5. The maximum Gasteiger partial charge on any atom is 0.233 e. The molecule has 2 rings (SSSR count). The summed E-state index contributed by atoms with van der Waals surface area (Å²) in [6.07, 6.45) is 7.70. The summed E-state index contributed by atoms with van der Waals surface area (Å²) >= 11 is 0. The highest BCUT2D eigenvalue weighted by molar-refractivity contribution is 6.07. The third kappa shape index (κ3) is 3.23. The predicted octanol–water partition coefficient (Wildman–Crippen LogP) is 1.37. The van der Waals surface area contributed by atoms with Gasteiger partial charge < -0.3 is 21.0 Å². The number of rotatable bonds is 5. The van der Waals surface area contributed by atoms with Crippen molar-refractivity contribution in [1.82, 2.24) is 5.32 Å². The van der Waals surface area contributed by atoms with Gasteiger partial charge in [-0.25, -0.2) is 0 Å². The van der Waals surface area contributed by atoms with E-state index in [1.54, 1.807) is 0 Å². The van der Waals surface area contributed by atoms with Crippen LogP contribution < -0.4 is 11.1 Å². The molecule has 1 atom stereocenters. The van der Waals surface area contributed by atoms with Crippen LogP contribution in [0, 0.1) is 5.41 Å². The molecule has 1 saturated carbocycles. The Kier molecular flexibility index (Phi) is 5.23. The van der Waals surface area contributed by atoms with Gasteiger partial charge in [0.05, 0.1) is 6.10 Å². The maximum atomic E-state index is 12.4. The van der Waals surface area contributed by atoms with Gasteiger partial charge in [0.1, 0.15) is 5.41 Å². The highest BCUT2D eigenvalue weighted by Crippen LogP contribution is 2.38. The number of amides is 1. The van der Waals surface area contributed by atoms with Crippen LogP contribution in [-0.4, -0.2) is 36.2 Å². The van der Waals surface area contributed by atoms with Crippen LogP contribution in [0.1, 0.15) is 51.4 Å². The Morgan fingerprint density at radius 2 is 2.10 bits per heavy atom. The lowest BCUT2D eigenvalue weighted by Crippen LogP contribution is -2.48. The average molecular weight is 283 g/mol. The molecule has 1 saturated heterocycles. The summed E-state index contributed by atoms with van der Waals surface area (Å²) < 4.78 is 5.64. The van der Waals surface area contributed by atoms with Crippen LogP contribution in [0.5, 0.6) is 0 Å². The zero-order valence-electron chi connectivity index (χ0n) is 11.9. The smallest absolute Gasteiger partial charge is 0.233 e. The molecular formula is C14H25N3O3. The van der Waals surface area contributed by atoms with Gasteiger partial charge in [0.2, 0.25) is 5.91 Å². The van der Waals surface area contributed by atoms with E-state index in [4.69, 9.17) is 15.7 Å². The fourth-order valence-electron chi connectivity index (χ4n) is 3.22. The molecule has 0 aromatic rings. The second-order valence-electron chi connectivity index (χ2n) is 5.81. The van der Waals surface area contributed by atoms with Crippen LogP contribution in [0.15, 0.2) is 5.16 Å². The van der Waals surface area contributed by atoms with Crippen LogP contribution >= 0.6 is 0 Å². The minimum Gasteiger partial charge on any atom is -0.409 e. The molecule has 114 valence electrons. The molecule has 20 heavy (non-hydrogen) atoms. The maximum absolute atomic E-state index is 12.4. The van der Waals surface area contributed by atoms with Gasteiger partial charge in [-0.3, -0.25) is 4.79 Å². The number of oxime groups is 1. The van der Waals surface area contributed by atoms with E-state index in [-0.39, 0.29) is 17.8 Å². The number of nitrogens with two attached hydrogens (primary N) is 1. The van der Waals surface area contributed by atoms with Crippen molar-refractivity contribution < 1.29 is 14.7 Å². The van der Waals surface area contributed by atoms with Crippen LogP contribution in [0.25, 0.3) is 0 Å². The minimum atomic E-state index is -0.803. The Balaban J connectivity index is 1.83. The number of carbonyl (C=O) groups excluding carboxylic acids is 1. The summed E-state index contributed by atoms with van der Waals surface area (Å²) in [5.74, 6) is -0.0671. The molecule has 2 fully saturated rings. The van der Waals surface area contributed by atoms with Crippen molar-refractivity contribution in [1.29, 1.82) is 0 Å². The number of carbonyl (C=O) groups is 1. The van der Waals surface area contributed by atoms with Gasteiger partial charge in [0, 0.05) is 13.2 Å². The van der Waals surface area contributed by atoms with Crippen molar-refractivity contribution in [2.45, 2.75) is 57.5 Å². The summed E-state index contributed by atoms with van der Waals surface area (Å²) in [4.78, 5) is 12.4. The molecule has 1 aliphatic heterocycles. The lowest BCUT2D eigenvalue weighted by molar-refractivity contribution is -0.127. The Hall–Kier alpha value is -1.30. The quantitative estimate of drug-likeness (QED) is 0.307. The molecule has 0 aromatic heterocycles. The molecular weight excluding hydrogens is 258 g/mol. The van der Waals surface area contributed by atoms with Gasteiger partial charge in [-0.05, 0) is 38.5 Å². The summed E-state index contributed by atoms with van der Waals surface area (Å²) in [7, 11) is 0. The SMILES string of the molecule is NC(=NO)C1(C(=O)NCCC2CCCCO2)CCCC1. The first-order valence-corrected chi connectivity index (χ1v) is 7.57. The van der Waals surface area contributed by atoms with Crippen molar-refractivity contribution >= 4 is 11.7 Å². The number of hydrogen-bond donors (Lipinski definition) is 3. The van der Waals surface area contributed by atoms with Gasteiger partial charge in [0.25, 0.3) is 0 Å². The van der Waals surface area contributed by atoms with Crippen LogP contribution in [-0.2, 0) is 9.53 Å². The minimum absolute atomic E-state index is 0.0430. The lowest BCUT2D eigenvalue weighted by atomic mass is 9.83. The highest BCUT2D eigenvalue weighted by Gasteiger charge is 2.45. The van der Waals surface area contributed by atoms with Crippen molar-refractivity contribution in [3.05, 3.63) is 0 Å². The Bertz CT molecular complexity index is 359. The Labute approximate surface area is 119 Å². The second kappa shape index (κ2) is 6.92. The average Bonchev–Trinajstić information content (AvgIpc) is 2.98. The first kappa shape index (κ1) is 15.1. The molecule has 2 aliphatic rings. The van der Waals surface area contributed by atoms with Gasteiger partial charge >= 0.3 is 0 Å². The third-order valence-electron chi connectivity index (χ3n) is 4.52. The van der Waals surface area contributed by atoms with E-state index in [0.29, 0.717) is 19.4 Å². The summed E-state index contributed by atoms with van der Waals surface area (Å²) in [5, 5.41) is 14.9. The second-order valence-corrected chi connectivity index (χ2v) is 5.81. The third-order valence-corrected chi connectivity index (χ3v) is 4.52. The van der Waals surface area contributed by atoms with E-state index in [9.17, 15) is 4.79 Å². The number of hydrogen-bond acceptors (Lipinski definition) is 4. The molecule has 6 heteroatoms. The van der Waals surface area contributed by atoms with Crippen molar-refractivity contribution in [3.63, 3.8) is 0 Å². The largest absolute Gasteiger partial charge is 0.409 e. The van der Waals surface area contributed by atoms with E-state index in [2.05, 4.69) is 10.5 Å². The number of amidine groups is 1. The molecule has 0 radical (unpaired) electrons. The zero-order valence-corrected chi connectivity index (χ0v) is 11.9. The van der Waals surface area contributed by atoms with Crippen molar-refractivity contribution in [2.24, 2.45) is 16.3 Å². The standard InChI is InChI=1S/C14H25N3O3/c15-12(17-19)14(7-2-3-8-14)13(18)16-9-6-11-5-1-4-10-20-11/h11,19H,1-10H2,(H2,15,17)(H,16,18). The van der Waals surface area contributed by atoms with Gasteiger partial charge in [0.15, 0.2) is 5.84 Å². The number of nitrogens with zero attached hydrogens (tertiary/aromatic N) is 1. The molecule has 0 spiro atoms. The number of ether oxygens (including phenoxy) is 1. The fraction of sp³-hybridized carbons (Fsp3) is 0.857. The molecule has 1 heterocycles. The van der Waals surface area contributed by atoms with Crippen molar-refractivity contribution in [3.8, 4) is 0 Å². The van der Waals surface area contributed by atoms with Gasteiger partial charge in [-0.15, -0.1) is 0 Å². The van der Waals surface area contributed by atoms with Gasteiger partial charge in [-0.1, -0.05) is 18.0 Å². The van der Waals surface area contributed by atoms with Crippen LogP contribution in [0.4, 0.5) is 0 Å². The fourth-order valence-corrected chi connectivity index (χ4v) is 3.22. The summed E-state index contributed by atoms with van der Waals surface area (Å²) in [5.41, 5.74) is 4.94. The Morgan fingerprint density at radius 1 is 1.35 bits per heavy atom. The monoisotopic (exact) mass is 283 g/mol. The molecule has 6 nitrogen and oxygen atoms in total. The molecule has 1 amide bonds. The molecule has 0 bridgehead atoms. The molecule has 4 N–H and O–H groups in total. The van der Waals surface area contributed by atoms with E-state index in [1.165, 1.54) is 6.42 Å². The predicted molar refractivity (Wildman–Crippen MR) is 75.5 cm³/mol. The summed E-state index contributed by atoms with van der Waals surface area (Å²) in [6, 6.07) is 0. The Morgan fingerprint density at radius 3 is 2.70 bits per heavy atom.